The van der Waals surface area contributed by atoms with Crippen LogP contribution in [0.2, 0.25) is 10.2 Å². The van der Waals surface area contributed by atoms with Crippen LogP contribution in [-0.2, 0) is 14.3 Å². The van der Waals surface area contributed by atoms with Crippen LogP contribution in [0.3, 0.4) is 0 Å². The topological polar surface area (TPSA) is 72.2 Å². The molecule has 1 heterocycles. The number of esters is 1. The first-order valence-corrected chi connectivity index (χ1v) is 6.89. The van der Waals surface area contributed by atoms with Gasteiger partial charge in [-0.1, -0.05) is 23.2 Å². The first-order valence-electron chi connectivity index (χ1n) is 6.13. The van der Waals surface area contributed by atoms with Crippen LogP contribution in [0.1, 0.15) is 43.7 Å². The summed E-state index contributed by atoms with van der Waals surface area (Å²) in [6, 6.07) is 1.87. The van der Waals surface area contributed by atoms with Crippen molar-refractivity contribution in [1.82, 2.24) is 4.98 Å². The fourth-order valence-corrected chi connectivity index (χ4v) is 2.41. The van der Waals surface area contributed by atoms with Crippen LogP contribution in [0.5, 0.6) is 0 Å². The molecule has 21 heavy (non-hydrogen) atoms. The van der Waals surface area contributed by atoms with Gasteiger partial charge in [0.25, 0.3) is 0 Å². The smallest absolute Gasteiger partial charge is 0.339 e. The molecule has 0 saturated carbocycles. The lowest BCUT2D eigenvalue weighted by atomic mass is 10.0. The SMILES string of the molecule is COC(=O)C(OC(C)(C)C)c1c(C)nc(Cl)c(C#N)c1Cl. The maximum absolute atomic E-state index is 12.0. The van der Waals surface area contributed by atoms with Gasteiger partial charge in [-0.3, -0.25) is 0 Å². The lowest BCUT2D eigenvalue weighted by Gasteiger charge is -2.27. The number of hydrogen-bond donors (Lipinski definition) is 0. The molecule has 0 aliphatic carbocycles. The molecule has 0 fully saturated rings. The molecule has 1 aromatic heterocycles. The molecule has 0 amide bonds. The van der Waals surface area contributed by atoms with E-state index in [2.05, 4.69) is 4.98 Å². The van der Waals surface area contributed by atoms with Gasteiger partial charge in [-0.05, 0) is 27.7 Å². The second kappa shape index (κ2) is 6.61. The molecule has 0 aromatic carbocycles. The Hall–Kier alpha value is -1.35. The maximum Gasteiger partial charge on any atom is 0.339 e. The highest BCUT2D eigenvalue weighted by atomic mass is 35.5. The average molecular weight is 331 g/mol. The lowest BCUT2D eigenvalue weighted by Crippen LogP contribution is -2.29. The highest BCUT2D eigenvalue weighted by Gasteiger charge is 2.33. The van der Waals surface area contributed by atoms with Gasteiger partial charge in [0.05, 0.1) is 17.7 Å². The van der Waals surface area contributed by atoms with Crippen molar-refractivity contribution in [2.45, 2.75) is 39.4 Å². The van der Waals surface area contributed by atoms with E-state index in [1.54, 1.807) is 27.7 Å². The molecule has 0 aliphatic heterocycles. The van der Waals surface area contributed by atoms with Crippen LogP contribution >= 0.6 is 23.2 Å². The molecule has 0 aliphatic rings. The normalized spacial score (nSPS) is 12.7. The van der Waals surface area contributed by atoms with E-state index < -0.39 is 17.7 Å². The molecule has 0 radical (unpaired) electrons. The minimum atomic E-state index is -1.08. The van der Waals surface area contributed by atoms with Gasteiger partial charge in [0.2, 0.25) is 0 Å². The van der Waals surface area contributed by atoms with Crippen LogP contribution in [0.15, 0.2) is 0 Å². The van der Waals surface area contributed by atoms with E-state index in [0.717, 1.165) is 0 Å². The van der Waals surface area contributed by atoms with Gasteiger partial charge in [-0.15, -0.1) is 0 Å². The molecule has 0 saturated heterocycles. The zero-order valence-corrected chi connectivity index (χ0v) is 14.0. The zero-order valence-electron chi connectivity index (χ0n) is 12.5. The second-order valence-corrected chi connectivity index (χ2v) is 6.07. The van der Waals surface area contributed by atoms with Gasteiger partial charge in [0.15, 0.2) is 6.10 Å². The van der Waals surface area contributed by atoms with Crippen LogP contribution < -0.4 is 0 Å². The summed E-state index contributed by atoms with van der Waals surface area (Å²) >= 11 is 12.1. The molecule has 1 atom stereocenters. The number of hydrogen-bond acceptors (Lipinski definition) is 5. The summed E-state index contributed by atoms with van der Waals surface area (Å²) in [7, 11) is 1.25. The molecule has 114 valence electrons. The third kappa shape index (κ3) is 4.07. The van der Waals surface area contributed by atoms with Crippen LogP contribution in [0, 0.1) is 18.3 Å². The van der Waals surface area contributed by atoms with E-state index in [1.807, 2.05) is 6.07 Å². The van der Waals surface area contributed by atoms with E-state index in [0.29, 0.717) is 11.3 Å². The van der Waals surface area contributed by atoms with Crippen LogP contribution in [0.4, 0.5) is 0 Å². The Labute approximate surface area is 133 Å². The third-order valence-electron chi connectivity index (χ3n) is 2.58. The number of carbonyl (C=O) groups is 1. The Balaban J connectivity index is 3.52. The molecule has 0 bridgehead atoms. The molecular formula is C14H16Cl2N2O3. The highest BCUT2D eigenvalue weighted by Crippen LogP contribution is 2.36. The van der Waals surface area contributed by atoms with Crippen molar-refractivity contribution >= 4 is 29.2 Å². The molecule has 0 N–H and O–H groups in total. The average Bonchev–Trinajstić information content (AvgIpc) is 2.35. The van der Waals surface area contributed by atoms with Crippen molar-refractivity contribution in [3.63, 3.8) is 0 Å². The van der Waals surface area contributed by atoms with E-state index >= 15 is 0 Å². The maximum atomic E-state index is 12.0. The number of pyridine rings is 1. The lowest BCUT2D eigenvalue weighted by molar-refractivity contribution is -0.164. The fraction of sp³-hybridized carbons (Fsp3) is 0.500. The van der Waals surface area contributed by atoms with E-state index in [4.69, 9.17) is 37.9 Å². The van der Waals surface area contributed by atoms with Crippen LogP contribution in [-0.4, -0.2) is 23.7 Å². The summed E-state index contributed by atoms with van der Waals surface area (Å²) in [5.74, 6) is -0.622. The summed E-state index contributed by atoms with van der Waals surface area (Å²) < 4.78 is 10.5. The number of rotatable bonds is 3. The van der Waals surface area contributed by atoms with Gasteiger partial charge < -0.3 is 9.47 Å². The van der Waals surface area contributed by atoms with Gasteiger partial charge in [-0.25, -0.2) is 9.78 Å². The van der Waals surface area contributed by atoms with E-state index in [1.165, 1.54) is 7.11 Å². The fourth-order valence-electron chi connectivity index (χ4n) is 1.73. The molecule has 7 heteroatoms. The molecule has 0 spiro atoms. The monoisotopic (exact) mass is 330 g/mol. The highest BCUT2D eigenvalue weighted by molar-refractivity contribution is 6.36. The quantitative estimate of drug-likeness (QED) is 0.625. The number of carbonyl (C=O) groups excluding carboxylic acids is 1. The Morgan fingerprint density at radius 2 is 1.95 bits per heavy atom. The van der Waals surface area contributed by atoms with Crippen molar-refractivity contribution in [3.8, 4) is 6.07 Å². The number of nitriles is 1. The number of aromatic nitrogens is 1. The second-order valence-electron chi connectivity index (χ2n) is 5.34. The van der Waals surface area contributed by atoms with Crippen molar-refractivity contribution in [2.24, 2.45) is 0 Å². The third-order valence-corrected chi connectivity index (χ3v) is 3.24. The summed E-state index contributed by atoms with van der Waals surface area (Å²) in [6.07, 6.45) is -1.08. The Kier molecular flexibility index (Phi) is 5.57. The van der Waals surface area contributed by atoms with Gasteiger partial charge in [0.1, 0.15) is 16.8 Å². The predicted octanol–water partition coefficient (Wildman–Crippen LogP) is 3.60. The first-order chi connectivity index (χ1) is 9.62. The van der Waals surface area contributed by atoms with Crippen molar-refractivity contribution in [2.75, 3.05) is 7.11 Å². The molecule has 1 rings (SSSR count). The predicted molar refractivity (Wildman–Crippen MR) is 79.3 cm³/mol. The Morgan fingerprint density at radius 1 is 1.38 bits per heavy atom. The van der Waals surface area contributed by atoms with Crippen LogP contribution in [0.25, 0.3) is 0 Å². The Morgan fingerprint density at radius 3 is 2.38 bits per heavy atom. The zero-order chi connectivity index (χ0) is 16.4. The van der Waals surface area contributed by atoms with Crippen molar-refractivity contribution in [1.29, 1.82) is 5.26 Å². The first kappa shape index (κ1) is 17.7. The largest absolute Gasteiger partial charge is 0.467 e. The number of aryl methyl sites for hydroxylation is 1. The molecule has 5 nitrogen and oxygen atoms in total. The summed E-state index contributed by atoms with van der Waals surface area (Å²) in [4.78, 5) is 16.1. The van der Waals surface area contributed by atoms with Gasteiger partial charge in [-0.2, -0.15) is 5.26 Å². The molecule has 1 unspecified atom stereocenters. The standard InChI is InChI=1S/C14H16Cl2N2O3/c1-7-9(10(15)8(6-17)12(16)18-7)11(13(19)20-5)21-14(2,3)4/h11H,1-5H3. The van der Waals surface area contributed by atoms with Crippen molar-refractivity contribution in [3.05, 3.63) is 27.0 Å². The van der Waals surface area contributed by atoms with Gasteiger partial charge >= 0.3 is 5.97 Å². The molecular weight excluding hydrogens is 315 g/mol. The minimum Gasteiger partial charge on any atom is -0.467 e. The van der Waals surface area contributed by atoms with Crippen molar-refractivity contribution < 1.29 is 14.3 Å². The number of halogens is 2. The minimum absolute atomic E-state index is 0.00495. The number of nitrogens with zero attached hydrogens (tertiary/aromatic N) is 2. The number of methoxy groups -OCH3 is 1. The summed E-state index contributed by atoms with van der Waals surface area (Å²) in [5.41, 5.74) is 0.0783. The van der Waals surface area contributed by atoms with E-state index in [-0.39, 0.29) is 15.7 Å². The Bertz CT molecular complexity index is 604. The summed E-state index contributed by atoms with van der Waals surface area (Å²) in [6.45, 7) is 7.01. The van der Waals surface area contributed by atoms with E-state index in [9.17, 15) is 4.79 Å². The van der Waals surface area contributed by atoms with Gasteiger partial charge in [0, 0.05) is 11.3 Å². The summed E-state index contributed by atoms with van der Waals surface area (Å²) in [5, 5.41) is 9.15. The number of ether oxygens (including phenoxy) is 2. The molecule has 1 aromatic rings.